The minimum absolute atomic E-state index is 0.121. The monoisotopic (exact) mass is 327 g/mol. The fourth-order valence-electron chi connectivity index (χ4n) is 2.34. The van der Waals surface area contributed by atoms with Gasteiger partial charge in [-0.05, 0) is 13.8 Å². The summed E-state index contributed by atoms with van der Waals surface area (Å²) in [6, 6.07) is 7.57. The van der Waals surface area contributed by atoms with Crippen molar-refractivity contribution in [3.63, 3.8) is 0 Å². The summed E-state index contributed by atoms with van der Waals surface area (Å²) in [5, 5.41) is 6.06. The molecular formula is C18H21N3OS. The van der Waals surface area contributed by atoms with Crippen molar-refractivity contribution < 1.29 is 4.79 Å². The van der Waals surface area contributed by atoms with Gasteiger partial charge in [0.15, 0.2) is 5.78 Å². The lowest BCUT2D eigenvalue weighted by molar-refractivity contribution is 0.101. The van der Waals surface area contributed by atoms with Crippen LogP contribution in [0, 0.1) is 0 Å². The Morgan fingerprint density at radius 1 is 1.17 bits per heavy atom. The molecule has 1 heterocycles. The number of ketones is 1. The van der Waals surface area contributed by atoms with Gasteiger partial charge in [0.05, 0.1) is 22.0 Å². The van der Waals surface area contributed by atoms with Gasteiger partial charge in [0, 0.05) is 11.1 Å². The van der Waals surface area contributed by atoms with Crippen LogP contribution in [0.5, 0.6) is 0 Å². The first-order chi connectivity index (χ1) is 11.2. The second kappa shape index (κ2) is 7.83. The van der Waals surface area contributed by atoms with Gasteiger partial charge in [0.2, 0.25) is 5.13 Å². The number of aromatic nitrogens is 1. The molecule has 1 aliphatic carbocycles. The molecule has 0 unspecified atom stereocenters. The molecule has 0 spiro atoms. The quantitative estimate of drug-likeness (QED) is 0.862. The summed E-state index contributed by atoms with van der Waals surface area (Å²) in [6.45, 7) is 7.95. The molecule has 0 atom stereocenters. The van der Waals surface area contributed by atoms with Crippen LogP contribution in [0.4, 0.5) is 5.13 Å². The number of nitrogens with zero attached hydrogens (tertiary/aromatic N) is 2. The third-order valence-electron chi connectivity index (χ3n) is 3.37. The van der Waals surface area contributed by atoms with Gasteiger partial charge in [0.1, 0.15) is 0 Å². The van der Waals surface area contributed by atoms with Gasteiger partial charge in [0.25, 0.3) is 0 Å². The zero-order valence-corrected chi connectivity index (χ0v) is 14.7. The van der Waals surface area contributed by atoms with Crippen LogP contribution in [0.1, 0.15) is 50.0 Å². The molecule has 0 aliphatic heterocycles. The van der Waals surface area contributed by atoms with Crippen LogP contribution < -0.4 is 15.3 Å². The molecule has 0 bridgehead atoms. The molecule has 0 radical (unpaired) electrons. The largest absolute Gasteiger partial charge is 0.294 e. The van der Waals surface area contributed by atoms with E-state index in [4.69, 9.17) is 0 Å². The number of hydrogen-bond donors (Lipinski definition) is 1. The molecule has 2 aromatic rings. The first-order valence-electron chi connectivity index (χ1n) is 7.77. The van der Waals surface area contributed by atoms with E-state index in [2.05, 4.69) is 15.5 Å². The van der Waals surface area contributed by atoms with E-state index in [1.165, 1.54) is 0 Å². The first-order valence-corrected chi connectivity index (χ1v) is 8.59. The molecule has 4 nitrogen and oxygen atoms in total. The zero-order chi connectivity index (χ0) is 16.8. The summed E-state index contributed by atoms with van der Waals surface area (Å²) in [5.41, 5.74) is 5.42. The van der Waals surface area contributed by atoms with E-state index in [1.54, 1.807) is 11.3 Å². The molecule has 1 aromatic carbocycles. The number of hydrogen-bond acceptors (Lipinski definition) is 5. The number of Topliss-reactive ketones (excluding diaryl/α,β-unsaturated/α-hetero) is 1. The number of thiazole rings is 1. The van der Waals surface area contributed by atoms with Crippen molar-refractivity contribution in [3.05, 3.63) is 45.3 Å². The van der Waals surface area contributed by atoms with Crippen molar-refractivity contribution in [2.24, 2.45) is 5.10 Å². The number of benzene rings is 1. The molecule has 1 aromatic heterocycles. The Kier molecular flexibility index (Phi) is 5.82. The lowest BCUT2D eigenvalue weighted by Gasteiger charge is -1.98. The summed E-state index contributed by atoms with van der Waals surface area (Å²) in [6.07, 6.45) is 4.34. The number of carbonyl (C=O) groups excluding carboxylic acids is 1. The van der Waals surface area contributed by atoms with E-state index in [0.717, 1.165) is 31.9 Å². The minimum Gasteiger partial charge on any atom is -0.294 e. The van der Waals surface area contributed by atoms with Crippen LogP contribution in [0.2, 0.25) is 0 Å². The molecule has 0 saturated heterocycles. The van der Waals surface area contributed by atoms with E-state index >= 15 is 0 Å². The van der Waals surface area contributed by atoms with Gasteiger partial charge < -0.3 is 0 Å². The Hall–Kier alpha value is -2.27. The predicted molar refractivity (Wildman–Crippen MR) is 98.5 cm³/mol. The Labute approximate surface area is 140 Å². The van der Waals surface area contributed by atoms with Gasteiger partial charge in [-0.2, -0.15) is 5.10 Å². The normalized spacial score (nSPS) is 16.3. The first kappa shape index (κ1) is 17.1. The third-order valence-corrected chi connectivity index (χ3v) is 4.41. The highest BCUT2D eigenvalue weighted by molar-refractivity contribution is 7.13. The van der Waals surface area contributed by atoms with Crippen LogP contribution in [0.15, 0.2) is 29.4 Å². The lowest BCUT2D eigenvalue weighted by Crippen LogP contribution is -2.19. The van der Waals surface area contributed by atoms with Gasteiger partial charge in [-0.1, -0.05) is 61.6 Å². The second-order valence-electron chi connectivity index (χ2n) is 4.66. The average molecular weight is 327 g/mol. The fourth-order valence-corrected chi connectivity index (χ4v) is 3.17. The summed E-state index contributed by atoms with van der Waals surface area (Å²) >= 11 is 1.55. The van der Waals surface area contributed by atoms with Crippen LogP contribution in [-0.2, 0) is 0 Å². The third kappa shape index (κ3) is 3.56. The summed E-state index contributed by atoms with van der Waals surface area (Å²) in [5.74, 6) is 0.121. The molecule has 23 heavy (non-hydrogen) atoms. The van der Waals surface area contributed by atoms with Crippen LogP contribution in [0.25, 0.3) is 12.2 Å². The SMILES string of the molecule is C/C=c1/nc(N/N=C2/CC(=O)c3ccccc32)s/c1=C/C.CC. The van der Waals surface area contributed by atoms with Crippen molar-refractivity contribution in [2.45, 2.75) is 34.1 Å². The highest BCUT2D eigenvalue weighted by Crippen LogP contribution is 2.22. The predicted octanol–water partition coefficient (Wildman–Crippen LogP) is 3.17. The van der Waals surface area contributed by atoms with Gasteiger partial charge in [-0.15, -0.1) is 0 Å². The molecule has 5 heteroatoms. The zero-order valence-electron chi connectivity index (χ0n) is 13.9. The standard InChI is InChI=1S/C16H15N3OS.C2H6/c1-3-12-15(4-2)21-16(17-12)19-18-13-9-14(20)11-8-6-5-7-10(11)13;1-2/h3-8H,9H2,1-2H3,(H,17,19);1-2H3/b12-3+,15-4+,18-13-;. The molecule has 0 saturated carbocycles. The molecule has 120 valence electrons. The Morgan fingerprint density at radius 3 is 2.48 bits per heavy atom. The smallest absolute Gasteiger partial charge is 0.204 e. The van der Waals surface area contributed by atoms with Crippen molar-refractivity contribution in [2.75, 3.05) is 5.43 Å². The molecule has 1 aliphatic rings. The van der Waals surface area contributed by atoms with Crippen LogP contribution in [0.3, 0.4) is 0 Å². The Bertz CT molecular complexity index is 818. The van der Waals surface area contributed by atoms with Gasteiger partial charge >= 0.3 is 0 Å². The summed E-state index contributed by atoms with van der Waals surface area (Å²) in [7, 11) is 0. The average Bonchev–Trinajstić information content (AvgIpc) is 3.16. The van der Waals surface area contributed by atoms with Crippen LogP contribution >= 0.6 is 11.3 Å². The van der Waals surface area contributed by atoms with Crippen molar-refractivity contribution in [1.29, 1.82) is 0 Å². The number of fused-ring (bicyclic) bond motifs is 1. The van der Waals surface area contributed by atoms with E-state index in [9.17, 15) is 4.79 Å². The van der Waals surface area contributed by atoms with Gasteiger partial charge in [-0.25, -0.2) is 4.98 Å². The summed E-state index contributed by atoms with van der Waals surface area (Å²) in [4.78, 5) is 16.4. The molecular weight excluding hydrogens is 306 g/mol. The molecule has 3 rings (SSSR count). The van der Waals surface area contributed by atoms with Gasteiger partial charge in [-0.3, -0.25) is 10.2 Å². The second-order valence-corrected chi connectivity index (χ2v) is 5.69. The Balaban J connectivity index is 0.000000924. The van der Waals surface area contributed by atoms with Crippen LogP contribution in [-0.4, -0.2) is 16.5 Å². The van der Waals surface area contributed by atoms with E-state index < -0.39 is 0 Å². The molecule has 1 N–H and O–H groups in total. The number of rotatable bonds is 2. The van der Waals surface area contributed by atoms with E-state index in [1.807, 2.05) is 64.1 Å². The number of anilines is 1. The van der Waals surface area contributed by atoms with E-state index in [-0.39, 0.29) is 5.78 Å². The van der Waals surface area contributed by atoms with Crippen molar-refractivity contribution >= 4 is 40.1 Å². The topological polar surface area (TPSA) is 54.4 Å². The maximum atomic E-state index is 11.9. The minimum atomic E-state index is 0.121. The number of nitrogens with one attached hydrogen (secondary N) is 1. The maximum absolute atomic E-state index is 11.9. The van der Waals surface area contributed by atoms with E-state index in [0.29, 0.717) is 6.42 Å². The highest BCUT2D eigenvalue weighted by Gasteiger charge is 2.24. The fraction of sp³-hybridized carbons (Fsp3) is 0.278. The molecule has 0 fully saturated rings. The van der Waals surface area contributed by atoms with Crippen molar-refractivity contribution in [3.8, 4) is 0 Å². The van der Waals surface area contributed by atoms with Crippen molar-refractivity contribution in [1.82, 2.24) is 4.98 Å². The number of carbonyl (C=O) groups is 1. The highest BCUT2D eigenvalue weighted by atomic mass is 32.1. The Morgan fingerprint density at radius 2 is 1.87 bits per heavy atom. The molecule has 0 amide bonds. The maximum Gasteiger partial charge on any atom is 0.204 e. The summed E-state index contributed by atoms with van der Waals surface area (Å²) < 4.78 is 1.11. The number of hydrazone groups is 1. The lowest BCUT2D eigenvalue weighted by atomic mass is 10.1.